The van der Waals surface area contributed by atoms with Crippen LogP contribution in [0.2, 0.25) is 0 Å². The van der Waals surface area contributed by atoms with Crippen molar-refractivity contribution < 1.29 is 9.47 Å². The van der Waals surface area contributed by atoms with Crippen LogP contribution in [-0.4, -0.2) is 37.0 Å². The van der Waals surface area contributed by atoms with Gasteiger partial charge in [-0.25, -0.2) is 0 Å². The molecule has 2 fully saturated rings. The van der Waals surface area contributed by atoms with Gasteiger partial charge >= 0.3 is 0 Å². The average Bonchev–Trinajstić information content (AvgIpc) is 2.32. The lowest BCUT2D eigenvalue weighted by atomic mass is 9.77. The number of hydrogen-bond donors (Lipinski definition) is 1. The molecule has 1 saturated heterocycles. The van der Waals surface area contributed by atoms with Crippen LogP contribution in [0.5, 0.6) is 0 Å². The van der Waals surface area contributed by atoms with E-state index in [1.807, 2.05) is 0 Å². The van der Waals surface area contributed by atoms with E-state index >= 15 is 0 Å². The molecule has 0 aromatic rings. The topological polar surface area (TPSA) is 30.5 Å². The van der Waals surface area contributed by atoms with Crippen molar-refractivity contribution in [1.29, 1.82) is 0 Å². The van der Waals surface area contributed by atoms with Crippen molar-refractivity contribution in [2.45, 2.75) is 77.0 Å². The Balaban J connectivity index is 1.92. The van der Waals surface area contributed by atoms with Crippen molar-refractivity contribution in [3.05, 3.63) is 0 Å². The maximum absolute atomic E-state index is 6.42. The van der Waals surface area contributed by atoms with Crippen LogP contribution in [-0.2, 0) is 9.47 Å². The van der Waals surface area contributed by atoms with Gasteiger partial charge in [0.2, 0.25) is 0 Å². The quantitative estimate of drug-likeness (QED) is 0.832. The second kappa shape index (κ2) is 6.11. The van der Waals surface area contributed by atoms with E-state index in [2.05, 4.69) is 33.0 Å². The number of hydrogen-bond acceptors (Lipinski definition) is 3. The SMILES string of the molecule is CCC1CCC(CNC(C)(C)C)(OC2COC2)CC1. The van der Waals surface area contributed by atoms with Gasteiger partial charge in [0.1, 0.15) is 6.10 Å². The monoisotopic (exact) mass is 269 g/mol. The van der Waals surface area contributed by atoms with Crippen LogP contribution < -0.4 is 5.32 Å². The zero-order chi connectivity index (χ0) is 13.9. The summed E-state index contributed by atoms with van der Waals surface area (Å²) >= 11 is 0. The maximum atomic E-state index is 6.42. The minimum atomic E-state index is 0.0490. The van der Waals surface area contributed by atoms with Gasteiger partial charge in [0.25, 0.3) is 0 Å². The summed E-state index contributed by atoms with van der Waals surface area (Å²) in [6.07, 6.45) is 6.68. The Kier molecular flexibility index (Phi) is 4.91. The minimum Gasteiger partial charge on any atom is -0.376 e. The number of rotatable bonds is 5. The maximum Gasteiger partial charge on any atom is 0.105 e. The number of ether oxygens (including phenoxy) is 2. The molecule has 1 aliphatic carbocycles. The van der Waals surface area contributed by atoms with Crippen molar-refractivity contribution in [2.75, 3.05) is 19.8 Å². The average molecular weight is 269 g/mol. The van der Waals surface area contributed by atoms with Crippen molar-refractivity contribution in [1.82, 2.24) is 5.32 Å². The Hall–Kier alpha value is -0.120. The smallest absolute Gasteiger partial charge is 0.105 e. The van der Waals surface area contributed by atoms with Gasteiger partial charge < -0.3 is 14.8 Å². The van der Waals surface area contributed by atoms with Crippen molar-refractivity contribution >= 4 is 0 Å². The van der Waals surface area contributed by atoms with Gasteiger partial charge in [-0.1, -0.05) is 13.3 Å². The lowest BCUT2D eigenvalue weighted by Crippen LogP contribution is -2.54. The molecule has 0 unspecified atom stereocenters. The van der Waals surface area contributed by atoms with Crippen LogP contribution >= 0.6 is 0 Å². The summed E-state index contributed by atoms with van der Waals surface area (Å²) in [5.74, 6) is 0.906. The molecule has 0 bridgehead atoms. The molecule has 3 nitrogen and oxygen atoms in total. The molecule has 0 amide bonds. The van der Waals surface area contributed by atoms with E-state index in [1.165, 1.54) is 32.1 Å². The summed E-state index contributed by atoms with van der Waals surface area (Å²) in [6, 6.07) is 0. The highest BCUT2D eigenvalue weighted by Gasteiger charge is 2.39. The standard InChI is InChI=1S/C16H31NO2/c1-5-13-6-8-16(9-7-13,12-17-15(2,3)4)19-14-10-18-11-14/h13-14,17H,5-12H2,1-4H3. The third-order valence-electron chi connectivity index (χ3n) is 4.56. The predicted octanol–water partition coefficient (Wildman–Crippen LogP) is 3.13. The van der Waals surface area contributed by atoms with E-state index < -0.39 is 0 Å². The van der Waals surface area contributed by atoms with Crippen molar-refractivity contribution in [3.63, 3.8) is 0 Å². The first kappa shape index (κ1) is 15.3. The zero-order valence-electron chi connectivity index (χ0n) is 13.1. The van der Waals surface area contributed by atoms with Gasteiger partial charge in [-0.2, -0.15) is 0 Å². The Morgan fingerprint density at radius 2 is 1.84 bits per heavy atom. The molecule has 0 spiro atoms. The highest BCUT2D eigenvalue weighted by molar-refractivity contribution is 4.92. The van der Waals surface area contributed by atoms with Gasteiger partial charge in [0, 0.05) is 12.1 Å². The largest absolute Gasteiger partial charge is 0.376 e. The molecule has 1 N–H and O–H groups in total. The Labute approximate surface area is 118 Å². The second-order valence-electron chi connectivity index (χ2n) is 7.42. The molecular weight excluding hydrogens is 238 g/mol. The van der Waals surface area contributed by atoms with E-state index in [9.17, 15) is 0 Å². The van der Waals surface area contributed by atoms with Crippen molar-refractivity contribution in [2.24, 2.45) is 5.92 Å². The molecule has 1 saturated carbocycles. The molecular formula is C16H31NO2. The van der Waals surface area contributed by atoms with Crippen LogP contribution in [0.25, 0.3) is 0 Å². The fourth-order valence-electron chi connectivity index (χ4n) is 3.01. The van der Waals surface area contributed by atoms with E-state index in [4.69, 9.17) is 9.47 Å². The lowest BCUT2D eigenvalue weighted by Gasteiger charge is -2.45. The summed E-state index contributed by atoms with van der Waals surface area (Å²) in [5.41, 5.74) is 0.210. The third-order valence-corrected chi connectivity index (χ3v) is 4.56. The van der Waals surface area contributed by atoms with Gasteiger partial charge in [-0.3, -0.25) is 0 Å². The molecule has 2 rings (SSSR count). The Morgan fingerprint density at radius 3 is 2.26 bits per heavy atom. The summed E-state index contributed by atoms with van der Waals surface area (Å²) in [5, 5.41) is 3.65. The molecule has 0 aromatic carbocycles. The molecule has 2 aliphatic rings. The molecule has 19 heavy (non-hydrogen) atoms. The lowest BCUT2D eigenvalue weighted by molar-refractivity contribution is -0.203. The highest BCUT2D eigenvalue weighted by atomic mass is 16.6. The third kappa shape index (κ3) is 4.44. The van der Waals surface area contributed by atoms with Crippen molar-refractivity contribution in [3.8, 4) is 0 Å². The number of nitrogens with one attached hydrogen (secondary N) is 1. The summed E-state index contributed by atoms with van der Waals surface area (Å²) in [7, 11) is 0. The van der Waals surface area contributed by atoms with Crippen LogP contribution in [0.4, 0.5) is 0 Å². The summed E-state index contributed by atoms with van der Waals surface area (Å²) < 4.78 is 11.7. The molecule has 0 atom stereocenters. The van der Waals surface area contributed by atoms with Crippen LogP contribution in [0.15, 0.2) is 0 Å². The molecule has 112 valence electrons. The predicted molar refractivity (Wildman–Crippen MR) is 78.4 cm³/mol. The van der Waals surface area contributed by atoms with Gasteiger partial charge in [0.15, 0.2) is 0 Å². The summed E-state index contributed by atoms with van der Waals surface area (Å²) in [6.45, 7) is 11.5. The van der Waals surface area contributed by atoms with Crippen LogP contribution in [0, 0.1) is 5.92 Å². The Morgan fingerprint density at radius 1 is 1.21 bits per heavy atom. The second-order valence-corrected chi connectivity index (χ2v) is 7.42. The van der Waals surface area contributed by atoms with Crippen LogP contribution in [0.3, 0.4) is 0 Å². The Bertz CT molecular complexity index is 273. The fraction of sp³-hybridized carbons (Fsp3) is 1.00. The van der Waals surface area contributed by atoms with E-state index in [0.717, 1.165) is 25.7 Å². The fourth-order valence-corrected chi connectivity index (χ4v) is 3.01. The molecule has 0 radical (unpaired) electrons. The van der Waals surface area contributed by atoms with E-state index in [-0.39, 0.29) is 11.1 Å². The minimum absolute atomic E-state index is 0.0490. The molecule has 0 aromatic heterocycles. The first-order valence-electron chi connectivity index (χ1n) is 7.93. The van der Waals surface area contributed by atoms with Gasteiger partial charge in [0.05, 0.1) is 18.8 Å². The zero-order valence-corrected chi connectivity index (χ0v) is 13.1. The molecule has 1 heterocycles. The first-order chi connectivity index (χ1) is 8.92. The summed E-state index contributed by atoms with van der Waals surface area (Å²) in [4.78, 5) is 0. The normalized spacial score (nSPS) is 33.2. The molecule has 3 heteroatoms. The highest BCUT2D eigenvalue weighted by Crippen LogP contribution is 2.37. The first-order valence-corrected chi connectivity index (χ1v) is 7.93. The van der Waals surface area contributed by atoms with Crippen LogP contribution in [0.1, 0.15) is 59.8 Å². The van der Waals surface area contributed by atoms with E-state index in [1.54, 1.807) is 0 Å². The van der Waals surface area contributed by atoms with E-state index in [0.29, 0.717) is 6.10 Å². The van der Waals surface area contributed by atoms with Gasteiger partial charge in [-0.15, -0.1) is 0 Å². The molecule has 1 aliphatic heterocycles. The van der Waals surface area contributed by atoms with Gasteiger partial charge in [-0.05, 0) is 52.4 Å².